The van der Waals surface area contributed by atoms with E-state index >= 15 is 0 Å². The summed E-state index contributed by atoms with van der Waals surface area (Å²) in [7, 11) is 0. The quantitative estimate of drug-likeness (QED) is 0.213. The predicted molar refractivity (Wildman–Crippen MR) is 45.5 cm³/mol. The number of hydroxylamine groups is 1. The second-order valence-corrected chi connectivity index (χ2v) is 1.88. The Labute approximate surface area is 74.5 Å². The fourth-order valence-electron chi connectivity index (χ4n) is 0.516. The van der Waals surface area contributed by atoms with Crippen LogP contribution in [0.5, 0.6) is 0 Å². The van der Waals surface area contributed by atoms with Crippen LogP contribution >= 0.6 is 0 Å². The summed E-state index contributed by atoms with van der Waals surface area (Å²) in [5.74, 6) is 1.57. The lowest BCUT2D eigenvalue weighted by Crippen LogP contribution is -2.25. The van der Waals surface area contributed by atoms with Gasteiger partial charge < -0.3 is 5.73 Å². The van der Waals surface area contributed by atoms with Crippen LogP contribution in [0.4, 0.5) is 4.79 Å². The first kappa shape index (κ1) is 10.9. The molecular formula is C8H8N2O3. The second kappa shape index (κ2) is 6.64. The number of carbonyl (C=O) groups excluding carboxylic acids is 2. The molecule has 5 heteroatoms. The van der Waals surface area contributed by atoms with Crippen molar-refractivity contribution in [1.82, 2.24) is 5.48 Å². The van der Waals surface area contributed by atoms with Crippen molar-refractivity contribution in [2.75, 3.05) is 0 Å². The van der Waals surface area contributed by atoms with Gasteiger partial charge in [0.05, 0.1) is 0 Å². The van der Waals surface area contributed by atoms with Gasteiger partial charge in [0.1, 0.15) is 0 Å². The third-order valence-electron chi connectivity index (χ3n) is 0.968. The Bertz CT molecular complexity index is 304. The molecule has 5 nitrogen and oxygen atoms in total. The van der Waals surface area contributed by atoms with Gasteiger partial charge in [0.15, 0.2) is 5.94 Å². The SMILES string of the molecule is NC(=O)NO.O=C=C=C1C=CC=C1. The Hall–Kier alpha value is -2.06. The van der Waals surface area contributed by atoms with Crippen molar-refractivity contribution >= 4 is 12.0 Å². The maximum Gasteiger partial charge on any atom is 0.335 e. The molecule has 1 rings (SSSR count). The molecule has 68 valence electrons. The molecule has 0 aromatic rings. The smallest absolute Gasteiger partial charge is 0.335 e. The summed E-state index contributed by atoms with van der Waals surface area (Å²) < 4.78 is 0. The lowest BCUT2D eigenvalue weighted by atomic mass is 10.3. The summed E-state index contributed by atoms with van der Waals surface area (Å²) in [6.07, 6.45) is 7.29. The van der Waals surface area contributed by atoms with Crippen LogP contribution < -0.4 is 11.2 Å². The molecule has 1 aliphatic carbocycles. The predicted octanol–water partition coefficient (Wildman–Crippen LogP) is 0.0694. The number of rotatable bonds is 0. The van der Waals surface area contributed by atoms with E-state index in [9.17, 15) is 9.59 Å². The number of amides is 2. The molecule has 0 saturated heterocycles. The van der Waals surface area contributed by atoms with E-state index in [0.29, 0.717) is 0 Å². The molecule has 13 heavy (non-hydrogen) atoms. The van der Waals surface area contributed by atoms with Crippen LogP contribution in [-0.2, 0) is 4.79 Å². The Morgan fingerprint density at radius 1 is 1.46 bits per heavy atom. The van der Waals surface area contributed by atoms with Crippen molar-refractivity contribution < 1.29 is 14.8 Å². The summed E-state index contributed by atoms with van der Waals surface area (Å²) >= 11 is 0. The van der Waals surface area contributed by atoms with Crippen LogP contribution in [0.15, 0.2) is 35.6 Å². The highest BCUT2D eigenvalue weighted by Crippen LogP contribution is 2.02. The van der Waals surface area contributed by atoms with E-state index in [4.69, 9.17) is 5.21 Å². The maximum absolute atomic E-state index is 9.64. The van der Waals surface area contributed by atoms with Crippen LogP contribution in [-0.4, -0.2) is 17.2 Å². The van der Waals surface area contributed by atoms with Crippen LogP contribution in [0.1, 0.15) is 0 Å². The van der Waals surface area contributed by atoms with Gasteiger partial charge in [-0.1, -0.05) is 12.2 Å². The Kier molecular flexibility index (Phi) is 5.59. The van der Waals surface area contributed by atoms with Gasteiger partial charge in [-0.05, 0) is 17.9 Å². The number of carbonyl (C=O) groups is 1. The van der Waals surface area contributed by atoms with Crippen molar-refractivity contribution in [1.29, 1.82) is 0 Å². The van der Waals surface area contributed by atoms with Crippen molar-refractivity contribution in [3.8, 4) is 0 Å². The van der Waals surface area contributed by atoms with Crippen LogP contribution in [0.3, 0.4) is 0 Å². The van der Waals surface area contributed by atoms with Gasteiger partial charge in [-0.3, -0.25) is 5.21 Å². The molecule has 0 aliphatic heterocycles. The largest absolute Gasteiger partial charge is 0.350 e. The minimum Gasteiger partial charge on any atom is -0.350 e. The molecule has 0 fully saturated rings. The molecule has 0 aromatic carbocycles. The molecule has 0 spiro atoms. The molecule has 1 aliphatic rings. The van der Waals surface area contributed by atoms with Crippen molar-refractivity contribution in [2.45, 2.75) is 0 Å². The monoisotopic (exact) mass is 180 g/mol. The van der Waals surface area contributed by atoms with Gasteiger partial charge in [-0.2, -0.15) is 0 Å². The van der Waals surface area contributed by atoms with Gasteiger partial charge in [0.2, 0.25) is 0 Å². The van der Waals surface area contributed by atoms with Crippen LogP contribution in [0.2, 0.25) is 0 Å². The topological polar surface area (TPSA) is 92.4 Å². The average molecular weight is 180 g/mol. The average Bonchev–Trinajstić information content (AvgIpc) is 2.59. The summed E-state index contributed by atoms with van der Waals surface area (Å²) in [5.41, 5.74) is 8.63. The minimum atomic E-state index is -0.940. The van der Waals surface area contributed by atoms with Crippen molar-refractivity contribution in [3.63, 3.8) is 0 Å². The first-order chi connectivity index (χ1) is 6.20. The molecule has 0 aromatic heterocycles. The number of primary amides is 1. The molecule has 0 unspecified atom stereocenters. The number of hydrogen-bond acceptors (Lipinski definition) is 3. The summed E-state index contributed by atoms with van der Waals surface area (Å²) in [6.45, 7) is 0. The maximum atomic E-state index is 9.64. The normalized spacial score (nSPS) is 11.0. The molecule has 0 saturated carbocycles. The molecule has 0 bridgehead atoms. The molecule has 4 N–H and O–H groups in total. The molecule has 0 radical (unpaired) electrons. The Balaban J connectivity index is 0.000000252. The van der Waals surface area contributed by atoms with E-state index in [1.807, 2.05) is 12.2 Å². The summed E-state index contributed by atoms with van der Waals surface area (Å²) in [6, 6.07) is -0.940. The third kappa shape index (κ3) is 6.34. The third-order valence-corrected chi connectivity index (χ3v) is 0.968. The highest BCUT2D eigenvalue weighted by atomic mass is 16.5. The van der Waals surface area contributed by atoms with Crippen LogP contribution in [0.25, 0.3) is 0 Å². The number of allylic oxidation sites excluding steroid dienone is 5. The zero-order valence-corrected chi connectivity index (χ0v) is 6.65. The molecule has 0 heterocycles. The first-order valence-electron chi connectivity index (χ1n) is 3.25. The molecular weight excluding hydrogens is 172 g/mol. The Morgan fingerprint density at radius 3 is 2.23 bits per heavy atom. The fourth-order valence-corrected chi connectivity index (χ4v) is 0.516. The van der Waals surface area contributed by atoms with E-state index in [0.717, 1.165) is 5.57 Å². The number of nitrogens with one attached hydrogen (secondary N) is 1. The van der Waals surface area contributed by atoms with Gasteiger partial charge >= 0.3 is 6.03 Å². The first-order valence-corrected chi connectivity index (χ1v) is 3.25. The van der Waals surface area contributed by atoms with Crippen LogP contribution in [0, 0.1) is 0 Å². The highest BCUT2D eigenvalue weighted by molar-refractivity contribution is 5.69. The van der Waals surface area contributed by atoms with E-state index in [1.54, 1.807) is 18.1 Å². The summed E-state index contributed by atoms with van der Waals surface area (Å²) in [4.78, 5) is 18.9. The fraction of sp³-hybridized carbons (Fsp3) is 0. The Morgan fingerprint density at radius 2 is 1.92 bits per heavy atom. The van der Waals surface area contributed by atoms with Gasteiger partial charge in [0.25, 0.3) is 0 Å². The highest BCUT2D eigenvalue weighted by Gasteiger charge is 1.85. The standard InChI is InChI=1S/C7H4O.CH4N2O2/c8-6-5-7-3-1-2-4-7;2-1(4)3-5/h1-4H;5H,(H3,2,3,4). The van der Waals surface area contributed by atoms with E-state index in [-0.39, 0.29) is 0 Å². The molecule has 2 amide bonds. The zero-order valence-electron chi connectivity index (χ0n) is 6.65. The molecule has 0 atom stereocenters. The number of urea groups is 1. The lowest BCUT2D eigenvalue weighted by molar-refractivity contribution is 0.169. The number of hydrogen-bond donors (Lipinski definition) is 3. The van der Waals surface area contributed by atoms with Gasteiger partial charge in [-0.15, -0.1) is 0 Å². The summed E-state index contributed by atoms with van der Waals surface area (Å²) in [5, 5.41) is 7.42. The zero-order chi connectivity index (χ0) is 10.1. The number of nitrogens with two attached hydrogens (primary N) is 1. The van der Waals surface area contributed by atoms with E-state index in [1.165, 1.54) is 5.48 Å². The van der Waals surface area contributed by atoms with E-state index in [2.05, 4.69) is 11.5 Å². The van der Waals surface area contributed by atoms with Gasteiger partial charge in [-0.25, -0.2) is 15.1 Å². The minimum absolute atomic E-state index is 0.792. The van der Waals surface area contributed by atoms with Crippen molar-refractivity contribution in [3.05, 3.63) is 35.6 Å². The van der Waals surface area contributed by atoms with Crippen molar-refractivity contribution in [2.24, 2.45) is 5.73 Å². The van der Waals surface area contributed by atoms with E-state index < -0.39 is 6.03 Å². The lowest BCUT2D eigenvalue weighted by Gasteiger charge is -1.79. The second-order valence-electron chi connectivity index (χ2n) is 1.88. The van der Waals surface area contributed by atoms with Gasteiger partial charge in [0, 0.05) is 5.57 Å².